The van der Waals surface area contributed by atoms with Crippen molar-refractivity contribution in [1.29, 1.82) is 0 Å². The molecule has 1 aliphatic heterocycles. The third kappa shape index (κ3) is 5.02. The molecule has 1 unspecified atom stereocenters. The number of nitrogens with zero attached hydrogens (tertiary/aromatic N) is 1. The molecule has 0 saturated carbocycles. The topological polar surface area (TPSA) is 43.1 Å². The number of hydrogen-bond donors (Lipinski definition) is 1. The summed E-state index contributed by atoms with van der Waals surface area (Å²) >= 11 is 1.94. The Morgan fingerprint density at radius 3 is 2.21 bits per heavy atom. The number of primary amides is 1. The van der Waals surface area contributed by atoms with Crippen LogP contribution in [0.5, 0.6) is 0 Å². The van der Waals surface area contributed by atoms with Crippen molar-refractivity contribution >= 4 is 17.7 Å². The van der Waals surface area contributed by atoms with Gasteiger partial charge in [-0.05, 0) is 30.2 Å². The van der Waals surface area contributed by atoms with Gasteiger partial charge in [0.15, 0.2) is 0 Å². The van der Waals surface area contributed by atoms with Crippen LogP contribution >= 0.6 is 11.8 Å². The Hall–Kier alpha value is -2.56. The molecule has 3 nitrogen and oxygen atoms in total. The van der Waals surface area contributed by atoms with E-state index in [0.717, 1.165) is 53.8 Å². The van der Waals surface area contributed by atoms with Crippen molar-refractivity contribution in [3.8, 4) is 0 Å². The van der Waals surface area contributed by atoms with Crippen molar-refractivity contribution in [3.05, 3.63) is 102 Å². The number of carbonyl (C=O) groups is 1. The summed E-state index contributed by atoms with van der Waals surface area (Å²) in [6, 6.07) is 29.1. The van der Waals surface area contributed by atoms with Gasteiger partial charge in [0.25, 0.3) is 0 Å². The Labute approximate surface area is 202 Å². The van der Waals surface area contributed by atoms with E-state index >= 15 is 0 Å². The minimum absolute atomic E-state index is 0.175. The molecule has 1 saturated heterocycles. The zero-order valence-electron chi connectivity index (χ0n) is 19.7. The number of rotatable bonds is 9. The van der Waals surface area contributed by atoms with E-state index in [0.29, 0.717) is 0 Å². The summed E-state index contributed by atoms with van der Waals surface area (Å²) < 4.78 is 0.994. The molecule has 0 aliphatic carbocycles. The van der Waals surface area contributed by atoms with E-state index in [1.54, 1.807) is 0 Å². The number of thioether (sulfide) groups is 1. The summed E-state index contributed by atoms with van der Waals surface area (Å²) in [5.74, 6) is 1.04. The lowest BCUT2D eigenvalue weighted by Gasteiger charge is -2.38. The number of aryl methyl sites for hydroxylation is 1. The average Bonchev–Trinajstić information content (AvgIpc) is 3.21. The number of nitrogens with two attached hydrogens (primary N) is 1. The predicted octanol–water partition coefficient (Wildman–Crippen LogP) is 5.42. The molecule has 1 fully saturated rings. The summed E-state index contributed by atoms with van der Waals surface area (Å²) in [6.07, 6.45) is 2.15. The maximum absolute atomic E-state index is 13.3. The standard InChI is InChI=1S/C29H34N2OS/c1-23-11-9-16-27(21-23)33-20-10-18-31(2)19-17-26(22-31)29(28(30)32,24-12-5-3-6-13-24)25-14-7-4-8-15-25/h3-9,11-16,21,26H,10,17-20,22H2,1-2H3,(H-,30,32)/p+1/t26-,31?/m1/s1. The highest BCUT2D eigenvalue weighted by atomic mass is 32.2. The molecule has 2 N–H and O–H groups in total. The van der Waals surface area contributed by atoms with Gasteiger partial charge in [0.2, 0.25) is 5.91 Å². The van der Waals surface area contributed by atoms with Gasteiger partial charge in [0.1, 0.15) is 5.41 Å². The quantitative estimate of drug-likeness (QED) is 0.264. The molecule has 1 amide bonds. The van der Waals surface area contributed by atoms with E-state index in [2.05, 4.69) is 62.5 Å². The first kappa shape index (κ1) is 23.6. The van der Waals surface area contributed by atoms with E-state index in [1.165, 1.54) is 10.5 Å². The lowest BCUT2D eigenvalue weighted by molar-refractivity contribution is -0.899. The first-order chi connectivity index (χ1) is 15.9. The summed E-state index contributed by atoms with van der Waals surface area (Å²) in [5.41, 5.74) is 8.79. The summed E-state index contributed by atoms with van der Waals surface area (Å²) in [6.45, 7) is 5.30. The average molecular weight is 460 g/mol. The van der Waals surface area contributed by atoms with Crippen LogP contribution in [0.15, 0.2) is 89.8 Å². The van der Waals surface area contributed by atoms with Gasteiger partial charge in [-0.15, -0.1) is 11.8 Å². The van der Waals surface area contributed by atoms with Crippen LogP contribution in [0.2, 0.25) is 0 Å². The number of carbonyl (C=O) groups excluding carboxylic acids is 1. The van der Waals surface area contributed by atoms with Crippen molar-refractivity contribution in [2.45, 2.75) is 30.1 Å². The molecule has 172 valence electrons. The van der Waals surface area contributed by atoms with Crippen LogP contribution in [0.1, 0.15) is 29.5 Å². The Morgan fingerprint density at radius 2 is 1.64 bits per heavy atom. The van der Waals surface area contributed by atoms with Gasteiger partial charge in [0, 0.05) is 29.4 Å². The van der Waals surface area contributed by atoms with Crippen LogP contribution in [-0.2, 0) is 10.2 Å². The Balaban J connectivity index is 1.52. The summed E-state index contributed by atoms with van der Waals surface area (Å²) in [5, 5.41) is 0. The molecule has 0 aromatic heterocycles. The lowest BCUT2D eigenvalue weighted by atomic mass is 9.64. The van der Waals surface area contributed by atoms with Crippen molar-refractivity contribution in [1.82, 2.24) is 0 Å². The van der Waals surface area contributed by atoms with Gasteiger partial charge in [-0.3, -0.25) is 4.79 Å². The fourth-order valence-electron chi connectivity index (χ4n) is 5.61. The summed E-state index contributed by atoms with van der Waals surface area (Å²) in [7, 11) is 2.35. The van der Waals surface area contributed by atoms with E-state index < -0.39 is 5.41 Å². The van der Waals surface area contributed by atoms with Crippen molar-refractivity contribution in [2.24, 2.45) is 11.7 Å². The maximum atomic E-state index is 13.3. The second-order valence-electron chi connectivity index (χ2n) is 9.66. The van der Waals surface area contributed by atoms with Crippen LogP contribution < -0.4 is 5.73 Å². The van der Waals surface area contributed by atoms with E-state index in [9.17, 15) is 4.79 Å². The third-order valence-electron chi connectivity index (χ3n) is 7.24. The lowest BCUT2D eigenvalue weighted by Crippen LogP contribution is -2.51. The second kappa shape index (κ2) is 10.1. The molecule has 4 rings (SSSR count). The highest BCUT2D eigenvalue weighted by Crippen LogP contribution is 2.45. The first-order valence-electron chi connectivity index (χ1n) is 11.9. The van der Waals surface area contributed by atoms with E-state index in [4.69, 9.17) is 5.73 Å². The minimum Gasteiger partial charge on any atom is -0.369 e. The van der Waals surface area contributed by atoms with Gasteiger partial charge in [-0.2, -0.15) is 0 Å². The number of hydrogen-bond acceptors (Lipinski definition) is 2. The fraction of sp³-hybridized carbons (Fsp3) is 0.345. The SMILES string of the molecule is Cc1cccc(SCCC[N+]2(C)CC[C@@H](C(C(N)=O)(c3ccccc3)c3ccccc3)C2)c1. The zero-order valence-corrected chi connectivity index (χ0v) is 20.6. The normalized spacial score (nSPS) is 20.6. The highest BCUT2D eigenvalue weighted by molar-refractivity contribution is 7.99. The van der Waals surface area contributed by atoms with Crippen LogP contribution in [0.4, 0.5) is 0 Å². The second-order valence-corrected chi connectivity index (χ2v) is 10.8. The van der Waals surface area contributed by atoms with Crippen LogP contribution in [0, 0.1) is 12.8 Å². The van der Waals surface area contributed by atoms with Crippen molar-refractivity contribution in [3.63, 3.8) is 0 Å². The molecule has 3 aromatic carbocycles. The number of amides is 1. The van der Waals surface area contributed by atoms with E-state index in [1.807, 2.05) is 48.2 Å². The molecule has 4 heteroatoms. The monoisotopic (exact) mass is 459 g/mol. The number of benzene rings is 3. The third-order valence-corrected chi connectivity index (χ3v) is 8.32. The molecule has 0 radical (unpaired) electrons. The number of likely N-dealkylation sites (tertiary alicyclic amines) is 1. The number of quaternary nitrogens is 1. The van der Waals surface area contributed by atoms with Gasteiger partial charge < -0.3 is 10.2 Å². The zero-order chi connectivity index (χ0) is 23.3. The molecule has 0 bridgehead atoms. The van der Waals surface area contributed by atoms with Crippen molar-refractivity contribution in [2.75, 3.05) is 32.4 Å². The molecule has 33 heavy (non-hydrogen) atoms. The molecule has 2 atom stereocenters. The molecular weight excluding hydrogens is 424 g/mol. The highest BCUT2D eigenvalue weighted by Gasteiger charge is 2.53. The fourth-order valence-corrected chi connectivity index (χ4v) is 6.56. The Bertz CT molecular complexity index is 1030. The maximum Gasteiger partial charge on any atom is 0.233 e. The summed E-state index contributed by atoms with van der Waals surface area (Å²) in [4.78, 5) is 14.6. The smallest absolute Gasteiger partial charge is 0.233 e. The van der Waals surface area contributed by atoms with Gasteiger partial charge >= 0.3 is 0 Å². The molecular formula is C29H35N2OS+. The van der Waals surface area contributed by atoms with Gasteiger partial charge in [0.05, 0.1) is 26.7 Å². The minimum atomic E-state index is -0.797. The Kier molecular flexibility index (Phi) is 7.26. The molecule has 3 aromatic rings. The van der Waals surface area contributed by atoms with Gasteiger partial charge in [-0.1, -0.05) is 78.4 Å². The molecule has 1 heterocycles. The molecule has 0 spiro atoms. The van der Waals surface area contributed by atoms with Crippen molar-refractivity contribution < 1.29 is 9.28 Å². The van der Waals surface area contributed by atoms with Crippen LogP contribution in [-0.4, -0.2) is 42.8 Å². The van der Waals surface area contributed by atoms with Gasteiger partial charge in [-0.25, -0.2) is 0 Å². The van der Waals surface area contributed by atoms with Crippen LogP contribution in [0.25, 0.3) is 0 Å². The Morgan fingerprint density at radius 1 is 1.00 bits per heavy atom. The first-order valence-corrected chi connectivity index (χ1v) is 12.9. The largest absolute Gasteiger partial charge is 0.369 e. The van der Waals surface area contributed by atoms with Crippen LogP contribution in [0.3, 0.4) is 0 Å². The predicted molar refractivity (Wildman–Crippen MR) is 138 cm³/mol. The van der Waals surface area contributed by atoms with E-state index in [-0.39, 0.29) is 11.8 Å². The molecule has 1 aliphatic rings.